The van der Waals surface area contributed by atoms with E-state index in [1.54, 1.807) is 0 Å². The van der Waals surface area contributed by atoms with Crippen molar-refractivity contribution in [3.8, 4) is 0 Å². The van der Waals surface area contributed by atoms with Gasteiger partial charge in [0.2, 0.25) is 5.88 Å². The lowest BCUT2D eigenvalue weighted by Crippen LogP contribution is -2.33. The van der Waals surface area contributed by atoms with Crippen LogP contribution >= 0.6 is 11.6 Å². The number of nitrogens with zero attached hydrogens (tertiary/aromatic N) is 1. The molecule has 0 unspecified atom stereocenters. The van der Waals surface area contributed by atoms with Crippen molar-refractivity contribution in [3.05, 3.63) is 97.6 Å². The Morgan fingerprint density at radius 3 is 2.59 bits per heavy atom. The van der Waals surface area contributed by atoms with Crippen molar-refractivity contribution in [2.24, 2.45) is 5.73 Å². The second-order valence-electron chi connectivity index (χ2n) is 7.54. The number of nitro benzene ring substituents is 1. The predicted molar refractivity (Wildman–Crippen MR) is 116 cm³/mol. The molecule has 2 aliphatic rings. The number of Topliss-reactive ketones (excluding diaryl/α,β-unsaturated/α-hetero) is 1. The number of methoxy groups -OCH3 is 1. The fourth-order valence-corrected chi connectivity index (χ4v) is 4.48. The monoisotopic (exact) mass is 454 g/mol. The third kappa shape index (κ3) is 3.73. The van der Waals surface area contributed by atoms with Gasteiger partial charge >= 0.3 is 5.97 Å². The maximum Gasteiger partial charge on any atom is 0.340 e. The number of hydrogen-bond donors (Lipinski definition) is 1. The van der Waals surface area contributed by atoms with Crippen molar-refractivity contribution in [1.29, 1.82) is 0 Å². The van der Waals surface area contributed by atoms with E-state index in [2.05, 4.69) is 0 Å². The van der Waals surface area contributed by atoms with Gasteiger partial charge in [-0.25, -0.2) is 4.79 Å². The van der Waals surface area contributed by atoms with Gasteiger partial charge in [0.15, 0.2) is 5.78 Å². The third-order valence-electron chi connectivity index (χ3n) is 5.72. The van der Waals surface area contributed by atoms with Gasteiger partial charge in [-0.2, -0.15) is 0 Å². The smallest absolute Gasteiger partial charge is 0.340 e. The van der Waals surface area contributed by atoms with E-state index in [-0.39, 0.29) is 51.4 Å². The largest absolute Gasteiger partial charge is 0.465 e. The minimum atomic E-state index is -1.04. The highest BCUT2D eigenvalue weighted by molar-refractivity contribution is 6.31. The molecule has 0 radical (unpaired) electrons. The summed E-state index contributed by atoms with van der Waals surface area (Å²) in [5.74, 6) is -2.11. The number of allylic oxidation sites excluding steroid dienone is 2. The molecule has 2 N–H and O–H groups in total. The van der Waals surface area contributed by atoms with E-state index >= 15 is 0 Å². The third-order valence-corrected chi connectivity index (χ3v) is 6.06. The van der Waals surface area contributed by atoms with Gasteiger partial charge in [0.1, 0.15) is 11.3 Å². The van der Waals surface area contributed by atoms with Crippen molar-refractivity contribution in [3.63, 3.8) is 0 Å². The van der Waals surface area contributed by atoms with Crippen LogP contribution in [0.25, 0.3) is 0 Å². The molecule has 2 aromatic carbocycles. The number of rotatable bonds is 4. The Morgan fingerprint density at radius 1 is 1.22 bits per heavy atom. The van der Waals surface area contributed by atoms with Gasteiger partial charge in [-0.3, -0.25) is 14.9 Å². The summed E-state index contributed by atoms with van der Waals surface area (Å²) in [4.78, 5) is 36.8. The molecule has 0 saturated heterocycles. The van der Waals surface area contributed by atoms with Crippen molar-refractivity contribution >= 4 is 29.0 Å². The average molecular weight is 455 g/mol. The Kier molecular flexibility index (Phi) is 5.71. The fraction of sp³-hybridized carbons (Fsp3) is 0.217. The fourth-order valence-electron chi connectivity index (χ4n) is 4.25. The summed E-state index contributed by atoms with van der Waals surface area (Å²) >= 11 is 6.39. The zero-order valence-electron chi connectivity index (χ0n) is 17.0. The first-order chi connectivity index (χ1) is 15.3. The summed E-state index contributed by atoms with van der Waals surface area (Å²) in [7, 11) is 1.17. The minimum Gasteiger partial charge on any atom is -0.465 e. The first-order valence-corrected chi connectivity index (χ1v) is 10.2. The number of benzene rings is 2. The highest BCUT2D eigenvalue weighted by atomic mass is 35.5. The molecule has 0 bridgehead atoms. The zero-order valence-corrected chi connectivity index (χ0v) is 17.8. The Hall–Kier alpha value is -3.65. The topological polar surface area (TPSA) is 122 Å². The lowest BCUT2D eigenvalue weighted by molar-refractivity contribution is -0.384. The number of ether oxygens (including phenoxy) is 2. The van der Waals surface area contributed by atoms with Crippen LogP contribution in [-0.4, -0.2) is 23.8 Å². The summed E-state index contributed by atoms with van der Waals surface area (Å²) in [6, 6.07) is 13.4. The van der Waals surface area contributed by atoms with Gasteiger partial charge < -0.3 is 15.2 Å². The van der Waals surface area contributed by atoms with Crippen LogP contribution in [0.15, 0.2) is 71.3 Å². The van der Waals surface area contributed by atoms with Crippen LogP contribution in [0, 0.1) is 10.1 Å². The van der Waals surface area contributed by atoms with Crippen LogP contribution in [0.5, 0.6) is 0 Å². The first kappa shape index (κ1) is 21.6. The summed E-state index contributed by atoms with van der Waals surface area (Å²) < 4.78 is 10.6. The number of carbonyl (C=O) groups excluding carboxylic acids is 2. The second-order valence-corrected chi connectivity index (χ2v) is 7.95. The molecule has 0 saturated carbocycles. The molecule has 1 aliphatic heterocycles. The molecule has 164 valence electrons. The molecule has 9 heteroatoms. The number of halogens is 1. The number of nitrogens with two attached hydrogens (primary N) is 1. The first-order valence-electron chi connectivity index (χ1n) is 9.82. The van der Waals surface area contributed by atoms with E-state index in [9.17, 15) is 19.7 Å². The molecule has 0 fully saturated rings. The SMILES string of the molecule is COC(=O)C1=C(N)OC2=C(C(=O)C[C@@H](c3ccccc3)C2)[C@@H]1c1cc([N+](=O)[O-])ccc1Cl. The van der Waals surface area contributed by atoms with Crippen molar-refractivity contribution in [2.45, 2.75) is 24.7 Å². The summed E-state index contributed by atoms with van der Waals surface area (Å²) in [5, 5.41) is 11.5. The molecule has 2 aromatic rings. The van der Waals surface area contributed by atoms with Crippen LogP contribution in [0.3, 0.4) is 0 Å². The molecule has 8 nitrogen and oxygen atoms in total. The van der Waals surface area contributed by atoms with Crippen LogP contribution in [0.4, 0.5) is 5.69 Å². The van der Waals surface area contributed by atoms with E-state index in [0.717, 1.165) is 5.56 Å². The van der Waals surface area contributed by atoms with Gasteiger partial charge in [-0.05, 0) is 23.1 Å². The summed E-state index contributed by atoms with van der Waals surface area (Å²) in [5.41, 5.74) is 7.17. The van der Waals surface area contributed by atoms with Gasteiger partial charge in [0, 0.05) is 35.6 Å². The van der Waals surface area contributed by atoms with E-state index in [1.807, 2.05) is 30.3 Å². The standard InChI is InChI=1S/C23H19ClN2O6/c1-31-23(28)21-19(15-11-14(26(29)30)7-8-16(15)24)20-17(27)9-13(10-18(20)32-22(21)25)12-5-3-2-4-6-12/h2-8,11,13,19H,9-10,25H2,1H3/t13-,19+/m1/s1. The van der Waals surface area contributed by atoms with Gasteiger partial charge in [0.25, 0.3) is 5.69 Å². The normalized spacial score (nSPS) is 20.5. The molecule has 0 amide bonds. The molecular formula is C23H19ClN2O6. The lowest BCUT2D eigenvalue weighted by atomic mass is 9.73. The van der Waals surface area contributed by atoms with Crippen LogP contribution < -0.4 is 5.73 Å². The lowest BCUT2D eigenvalue weighted by Gasteiger charge is -2.35. The maximum absolute atomic E-state index is 13.4. The van der Waals surface area contributed by atoms with E-state index in [0.29, 0.717) is 12.2 Å². The Bertz CT molecular complexity index is 1190. The Morgan fingerprint density at radius 2 is 1.94 bits per heavy atom. The van der Waals surface area contributed by atoms with Crippen molar-refractivity contribution in [1.82, 2.24) is 0 Å². The number of hydrogen-bond acceptors (Lipinski definition) is 7. The molecule has 32 heavy (non-hydrogen) atoms. The molecule has 4 rings (SSSR count). The molecule has 0 spiro atoms. The number of non-ortho nitro benzene ring substituents is 1. The van der Waals surface area contributed by atoms with E-state index in [4.69, 9.17) is 26.8 Å². The zero-order chi connectivity index (χ0) is 23.0. The van der Waals surface area contributed by atoms with Crippen LogP contribution in [0.1, 0.15) is 35.8 Å². The molecule has 1 heterocycles. The predicted octanol–water partition coefficient (Wildman–Crippen LogP) is 4.11. The molecule has 2 atom stereocenters. The average Bonchev–Trinajstić information content (AvgIpc) is 2.78. The second kappa shape index (κ2) is 8.47. The highest BCUT2D eigenvalue weighted by Gasteiger charge is 2.44. The Balaban J connectivity index is 1.88. The van der Waals surface area contributed by atoms with Gasteiger partial charge in [-0.15, -0.1) is 0 Å². The summed E-state index contributed by atoms with van der Waals surface area (Å²) in [6.45, 7) is 0. The molecular weight excluding hydrogens is 436 g/mol. The van der Waals surface area contributed by atoms with Gasteiger partial charge in [0.05, 0.1) is 18.0 Å². The summed E-state index contributed by atoms with van der Waals surface area (Å²) in [6.07, 6.45) is 0.562. The van der Waals surface area contributed by atoms with Crippen LogP contribution in [0.2, 0.25) is 5.02 Å². The highest BCUT2D eigenvalue weighted by Crippen LogP contribution is 2.48. The van der Waals surface area contributed by atoms with Crippen molar-refractivity contribution in [2.75, 3.05) is 7.11 Å². The van der Waals surface area contributed by atoms with Crippen molar-refractivity contribution < 1.29 is 24.0 Å². The number of esters is 1. The quantitative estimate of drug-likeness (QED) is 0.419. The molecule has 1 aliphatic carbocycles. The number of nitro groups is 1. The number of ketones is 1. The number of carbonyl (C=O) groups is 2. The van der Waals surface area contributed by atoms with Crippen LogP contribution in [-0.2, 0) is 19.1 Å². The maximum atomic E-state index is 13.4. The minimum absolute atomic E-state index is 0.111. The van der Waals surface area contributed by atoms with Gasteiger partial charge in [-0.1, -0.05) is 41.9 Å². The Labute approximate surface area is 188 Å². The van der Waals surface area contributed by atoms with E-state index in [1.165, 1.54) is 25.3 Å². The molecule has 0 aromatic heterocycles. The van der Waals surface area contributed by atoms with E-state index < -0.39 is 16.8 Å².